The first-order valence-electron chi connectivity index (χ1n) is 6.06. The lowest BCUT2D eigenvalue weighted by molar-refractivity contribution is -0.385. The number of benzene rings is 2. The third-order valence-corrected chi connectivity index (χ3v) is 4.76. The maximum Gasteiger partial charge on any atom is 0.275 e. The van der Waals surface area contributed by atoms with E-state index in [0.717, 1.165) is 5.56 Å². The van der Waals surface area contributed by atoms with Crippen molar-refractivity contribution in [1.29, 1.82) is 0 Å². The van der Waals surface area contributed by atoms with Gasteiger partial charge in [-0.25, -0.2) is 0 Å². The molecule has 2 aromatic carbocycles. The van der Waals surface area contributed by atoms with Gasteiger partial charge in [-0.05, 0) is 36.8 Å². The van der Waals surface area contributed by atoms with Crippen molar-refractivity contribution >= 4 is 33.8 Å². The Morgan fingerprint density at radius 1 is 1.33 bits per heavy atom. The van der Waals surface area contributed by atoms with Crippen molar-refractivity contribution in [3.05, 3.63) is 62.7 Å². The average molecular weight is 325 g/mol. The van der Waals surface area contributed by atoms with E-state index >= 15 is 0 Å². The molecule has 2 aromatic rings. The summed E-state index contributed by atoms with van der Waals surface area (Å²) < 4.78 is 12.4. The smallest absolute Gasteiger partial charge is 0.275 e. The summed E-state index contributed by atoms with van der Waals surface area (Å²) >= 11 is 6.00. The van der Waals surface area contributed by atoms with Crippen LogP contribution in [0.25, 0.3) is 0 Å². The first-order chi connectivity index (χ1) is 9.90. The number of aryl methyl sites for hydroxylation is 1. The minimum atomic E-state index is -1.43. The zero-order chi connectivity index (χ0) is 15.6. The van der Waals surface area contributed by atoms with Gasteiger partial charge in [0.05, 0.1) is 32.1 Å². The summed E-state index contributed by atoms with van der Waals surface area (Å²) in [6, 6.07) is 9.45. The molecule has 0 aliphatic heterocycles. The second-order valence-electron chi connectivity index (χ2n) is 4.50. The number of nitro groups is 1. The molecule has 0 aliphatic carbocycles. The van der Waals surface area contributed by atoms with Crippen LogP contribution in [-0.2, 0) is 16.6 Å². The van der Waals surface area contributed by atoms with E-state index in [9.17, 15) is 14.3 Å². The molecule has 2 N–H and O–H groups in total. The molecular weight excluding hydrogens is 312 g/mol. The van der Waals surface area contributed by atoms with E-state index in [4.69, 9.17) is 17.3 Å². The number of anilines is 1. The molecule has 0 radical (unpaired) electrons. The maximum atomic E-state index is 12.4. The Balaban J connectivity index is 2.36. The zero-order valence-corrected chi connectivity index (χ0v) is 12.8. The summed E-state index contributed by atoms with van der Waals surface area (Å²) in [6.07, 6.45) is 0. The van der Waals surface area contributed by atoms with Gasteiger partial charge < -0.3 is 5.73 Å². The van der Waals surface area contributed by atoms with E-state index in [-0.39, 0.29) is 22.0 Å². The first-order valence-corrected chi connectivity index (χ1v) is 7.76. The second kappa shape index (κ2) is 6.24. The lowest BCUT2D eigenvalue weighted by Crippen LogP contribution is -2.02. The van der Waals surface area contributed by atoms with E-state index < -0.39 is 15.7 Å². The molecule has 0 aromatic heterocycles. The van der Waals surface area contributed by atoms with Gasteiger partial charge in [0.15, 0.2) is 0 Å². The van der Waals surface area contributed by atoms with Crippen molar-refractivity contribution in [2.45, 2.75) is 17.6 Å². The van der Waals surface area contributed by atoms with E-state index in [2.05, 4.69) is 0 Å². The lowest BCUT2D eigenvalue weighted by Gasteiger charge is -2.07. The number of nitro benzene ring substituents is 1. The minimum Gasteiger partial charge on any atom is -0.399 e. The summed E-state index contributed by atoms with van der Waals surface area (Å²) in [4.78, 5) is 11.1. The quantitative estimate of drug-likeness (QED) is 0.530. The van der Waals surface area contributed by atoms with E-state index in [1.165, 1.54) is 12.1 Å². The number of rotatable bonds is 4. The van der Waals surface area contributed by atoms with Gasteiger partial charge in [-0.1, -0.05) is 17.7 Å². The van der Waals surface area contributed by atoms with E-state index in [1.807, 2.05) is 6.92 Å². The highest BCUT2D eigenvalue weighted by molar-refractivity contribution is 7.84. The number of halogens is 1. The lowest BCUT2D eigenvalue weighted by atomic mass is 10.2. The molecule has 5 nitrogen and oxygen atoms in total. The first kappa shape index (κ1) is 15.5. The van der Waals surface area contributed by atoms with Gasteiger partial charge >= 0.3 is 0 Å². The van der Waals surface area contributed by atoms with Gasteiger partial charge in [-0.15, -0.1) is 0 Å². The van der Waals surface area contributed by atoms with Crippen LogP contribution in [0.5, 0.6) is 0 Å². The Bertz CT molecular complexity index is 734. The van der Waals surface area contributed by atoms with Gasteiger partial charge in [-0.3, -0.25) is 14.3 Å². The molecular formula is C14H13ClN2O3S. The molecule has 0 fully saturated rings. The molecule has 0 amide bonds. The van der Waals surface area contributed by atoms with Gasteiger partial charge in [0.2, 0.25) is 0 Å². The third kappa shape index (κ3) is 3.40. The molecule has 0 aliphatic rings. The SMILES string of the molecule is Cc1cc(S(=O)Cc2c(Cl)cccc2[N+](=O)[O-])ccc1N. The number of nitrogens with two attached hydrogens (primary N) is 1. The van der Waals surface area contributed by atoms with Crippen LogP contribution in [0, 0.1) is 17.0 Å². The largest absolute Gasteiger partial charge is 0.399 e. The molecule has 0 heterocycles. The van der Waals surface area contributed by atoms with Crippen molar-refractivity contribution in [3.63, 3.8) is 0 Å². The Morgan fingerprint density at radius 3 is 2.67 bits per heavy atom. The molecule has 110 valence electrons. The van der Waals surface area contributed by atoms with Gasteiger partial charge in [0.25, 0.3) is 5.69 Å². The van der Waals surface area contributed by atoms with Gasteiger partial charge in [0.1, 0.15) is 0 Å². The van der Waals surface area contributed by atoms with Crippen LogP contribution >= 0.6 is 11.6 Å². The predicted octanol–water partition coefficient (Wildman–Crippen LogP) is 3.45. The second-order valence-corrected chi connectivity index (χ2v) is 6.36. The number of nitrogen functional groups attached to an aromatic ring is 1. The minimum absolute atomic E-state index is 0.0145. The highest BCUT2D eigenvalue weighted by Gasteiger charge is 2.19. The zero-order valence-electron chi connectivity index (χ0n) is 11.2. The summed E-state index contributed by atoms with van der Waals surface area (Å²) in [5, 5.41) is 11.3. The van der Waals surface area contributed by atoms with Crippen molar-refractivity contribution in [3.8, 4) is 0 Å². The Kier molecular flexibility index (Phi) is 4.59. The van der Waals surface area contributed by atoms with Crippen LogP contribution in [0.1, 0.15) is 11.1 Å². The van der Waals surface area contributed by atoms with Crippen LogP contribution in [-0.4, -0.2) is 9.13 Å². The topological polar surface area (TPSA) is 86.2 Å². The fraction of sp³-hybridized carbons (Fsp3) is 0.143. The summed E-state index contributed by atoms with van der Waals surface area (Å²) in [6.45, 7) is 1.81. The van der Waals surface area contributed by atoms with Crippen LogP contribution < -0.4 is 5.73 Å². The molecule has 0 spiro atoms. The standard InChI is InChI=1S/C14H13ClN2O3S/c1-9-7-10(5-6-13(9)16)21(20)8-11-12(15)3-2-4-14(11)17(18)19/h2-7H,8,16H2,1H3. The molecule has 1 unspecified atom stereocenters. The van der Waals surface area contributed by atoms with Crippen molar-refractivity contribution in [1.82, 2.24) is 0 Å². The normalized spacial score (nSPS) is 12.1. The van der Waals surface area contributed by atoms with Crippen LogP contribution in [0.4, 0.5) is 11.4 Å². The van der Waals surface area contributed by atoms with E-state index in [1.54, 1.807) is 24.3 Å². The Hall–Kier alpha value is -1.92. The maximum absolute atomic E-state index is 12.4. The third-order valence-electron chi connectivity index (χ3n) is 3.07. The summed E-state index contributed by atoms with van der Waals surface area (Å²) in [5.41, 5.74) is 7.30. The Morgan fingerprint density at radius 2 is 2.05 bits per heavy atom. The molecule has 2 rings (SSSR count). The molecule has 0 saturated carbocycles. The number of hydrogen-bond acceptors (Lipinski definition) is 4. The van der Waals surface area contributed by atoms with Crippen LogP contribution in [0.15, 0.2) is 41.3 Å². The highest BCUT2D eigenvalue weighted by Crippen LogP contribution is 2.29. The highest BCUT2D eigenvalue weighted by atomic mass is 35.5. The van der Waals surface area contributed by atoms with Crippen molar-refractivity contribution < 1.29 is 9.13 Å². The van der Waals surface area contributed by atoms with Gasteiger partial charge in [0, 0.05) is 16.6 Å². The number of nitrogens with zero attached hydrogens (tertiary/aromatic N) is 1. The average Bonchev–Trinajstić information content (AvgIpc) is 2.43. The fourth-order valence-corrected chi connectivity index (χ4v) is 3.44. The van der Waals surface area contributed by atoms with Gasteiger partial charge in [-0.2, -0.15) is 0 Å². The molecule has 7 heteroatoms. The van der Waals surface area contributed by atoms with Crippen molar-refractivity contribution in [2.24, 2.45) is 0 Å². The van der Waals surface area contributed by atoms with Crippen LogP contribution in [0.3, 0.4) is 0 Å². The number of hydrogen-bond donors (Lipinski definition) is 1. The fourth-order valence-electron chi connectivity index (χ4n) is 1.87. The summed E-state index contributed by atoms with van der Waals surface area (Å²) in [7, 11) is -1.43. The molecule has 0 saturated heterocycles. The van der Waals surface area contributed by atoms with Crippen molar-refractivity contribution in [2.75, 3.05) is 5.73 Å². The van der Waals surface area contributed by atoms with Crippen LogP contribution in [0.2, 0.25) is 5.02 Å². The Labute approximate surface area is 129 Å². The summed E-state index contributed by atoms with van der Waals surface area (Å²) in [5.74, 6) is -0.0145. The molecule has 1 atom stereocenters. The molecule has 0 bridgehead atoms. The monoisotopic (exact) mass is 324 g/mol. The predicted molar refractivity (Wildman–Crippen MR) is 83.8 cm³/mol. The van der Waals surface area contributed by atoms with E-state index in [0.29, 0.717) is 10.6 Å². The molecule has 21 heavy (non-hydrogen) atoms.